The molecule has 0 radical (unpaired) electrons. The molecule has 0 bridgehead atoms. The van der Waals surface area contributed by atoms with Gasteiger partial charge in [-0.25, -0.2) is 0 Å². The van der Waals surface area contributed by atoms with E-state index in [2.05, 4.69) is 48.4 Å². The van der Waals surface area contributed by atoms with Gasteiger partial charge in [0.25, 0.3) is 0 Å². The molecule has 0 spiro atoms. The standard InChI is InChI=1S/C63H123N7O4/c1-3-5-7-9-11-13-15-17-19-21-23-25-27-31-35-49-61(72)69(56-44-39-48-60(71)58(66)46-37-40-51-64)54-42-33-29-30-34-43-55-70(57-45-53-68-63(74)59(67)47-38-41-52-65)62(73)50-36-32-28-26-24-22-20-18-16-14-12-10-8-6-4-2/h17-20,58-59H,3-16,21-57,64-67H2,1-2H3,(H,68,74)/b19-17-,20-18-/t58-,59-/m1/s1. The van der Waals surface area contributed by atoms with Gasteiger partial charge < -0.3 is 38.1 Å². The third kappa shape index (κ3) is 47.8. The smallest absolute Gasteiger partial charge is 0.236 e. The maximum atomic E-state index is 13.5. The van der Waals surface area contributed by atoms with Gasteiger partial charge in [0.1, 0.15) is 5.78 Å². The van der Waals surface area contributed by atoms with E-state index in [9.17, 15) is 19.2 Å². The summed E-state index contributed by atoms with van der Waals surface area (Å²) in [6.45, 7) is 9.14. The summed E-state index contributed by atoms with van der Waals surface area (Å²) in [4.78, 5) is 56.4. The Labute approximate surface area is 457 Å². The maximum absolute atomic E-state index is 13.5. The zero-order valence-electron chi connectivity index (χ0n) is 48.9. The Bertz CT molecular complexity index is 1230. The SMILES string of the molecule is CCCCCCCC/C=C\CCCCCCCC(=O)N(CCCCCCCCN(CCCNC(=O)[C@H](N)CCCCN)C(=O)CCCCCCC/C=C\CCCCCCCC)CCCCC(=O)[C@H](N)CCCCN. The number of carbonyl (C=O) groups is 4. The van der Waals surface area contributed by atoms with Gasteiger partial charge in [0.2, 0.25) is 17.7 Å². The van der Waals surface area contributed by atoms with Gasteiger partial charge in [0.15, 0.2) is 0 Å². The molecule has 11 nitrogen and oxygen atoms in total. The lowest BCUT2D eigenvalue weighted by atomic mass is 10.0. The molecule has 11 heteroatoms. The van der Waals surface area contributed by atoms with Crippen molar-refractivity contribution < 1.29 is 19.2 Å². The van der Waals surface area contributed by atoms with E-state index in [1.807, 2.05) is 4.90 Å². The topological polar surface area (TPSA) is 191 Å². The fourth-order valence-corrected chi connectivity index (χ4v) is 9.75. The Morgan fingerprint density at radius 3 is 1.11 bits per heavy atom. The van der Waals surface area contributed by atoms with E-state index in [-0.39, 0.29) is 23.5 Å². The summed E-state index contributed by atoms with van der Waals surface area (Å²) in [6, 6.07) is -0.929. The van der Waals surface area contributed by atoms with Crippen molar-refractivity contribution in [1.82, 2.24) is 15.1 Å². The Morgan fingerprint density at radius 2 is 0.703 bits per heavy atom. The van der Waals surface area contributed by atoms with Gasteiger partial charge in [-0.2, -0.15) is 0 Å². The molecule has 2 atom stereocenters. The number of nitrogens with two attached hydrogens (primary N) is 4. The van der Waals surface area contributed by atoms with Crippen LogP contribution in [0.4, 0.5) is 0 Å². The van der Waals surface area contributed by atoms with E-state index in [0.717, 1.165) is 129 Å². The van der Waals surface area contributed by atoms with E-state index in [4.69, 9.17) is 22.9 Å². The summed E-state index contributed by atoms with van der Waals surface area (Å²) in [6.07, 6.45) is 56.7. The molecule has 0 heterocycles. The second-order valence-corrected chi connectivity index (χ2v) is 21.9. The van der Waals surface area contributed by atoms with Crippen LogP contribution in [0.5, 0.6) is 0 Å². The number of unbranched alkanes of at least 4 members (excludes halogenated alkanes) is 30. The minimum Gasteiger partial charge on any atom is -0.355 e. The molecule has 434 valence electrons. The second kappa shape index (κ2) is 56.6. The quantitative estimate of drug-likeness (QED) is 0.0294. The zero-order valence-corrected chi connectivity index (χ0v) is 48.9. The first-order valence-corrected chi connectivity index (χ1v) is 31.8. The average molecular weight is 1040 g/mol. The third-order valence-electron chi connectivity index (χ3n) is 14.8. The van der Waals surface area contributed by atoms with Crippen molar-refractivity contribution in [2.24, 2.45) is 22.9 Å². The van der Waals surface area contributed by atoms with Crippen LogP contribution in [-0.2, 0) is 19.2 Å². The lowest BCUT2D eigenvalue weighted by Crippen LogP contribution is -2.42. The number of Topliss-reactive ketones (excluding diaryl/α,β-unsaturated/α-hetero) is 1. The highest BCUT2D eigenvalue weighted by molar-refractivity contribution is 5.83. The number of nitrogens with one attached hydrogen (secondary N) is 1. The van der Waals surface area contributed by atoms with Crippen molar-refractivity contribution in [3.63, 3.8) is 0 Å². The molecule has 0 aromatic carbocycles. The number of amides is 3. The molecule has 9 N–H and O–H groups in total. The Balaban J connectivity index is 4.90. The van der Waals surface area contributed by atoms with Crippen molar-refractivity contribution in [2.75, 3.05) is 45.8 Å². The van der Waals surface area contributed by atoms with E-state index in [0.29, 0.717) is 71.2 Å². The molecule has 0 saturated carbocycles. The van der Waals surface area contributed by atoms with Crippen LogP contribution >= 0.6 is 0 Å². The van der Waals surface area contributed by atoms with Crippen molar-refractivity contribution in [2.45, 2.75) is 308 Å². The van der Waals surface area contributed by atoms with Crippen molar-refractivity contribution >= 4 is 23.5 Å². The average Bonchev–Trinajstić information content (AvgIpc) is 3.40. The lowest BCUT2D eigenvalue weighted by molar-refractivity contribution is -0.132. The molecule has 0 aliphatic rings. The zero-order chi connectivity index (χ0) is 54.2. The van der Waals surface area contributed by atoms with Gasteiger partial charge in [-0.3, -0.25) is 19.2 Å². The normalized spacial score (nSPS) is 12.5. The molecular weight excluding hydrogens is 919 g/mol. The Morgan fingerprint density at radius 1 is 0.378 bits per heavy atom. The highest BCUT2D eigenvalue weighted by atomic mass is 16.2. The first kappa shape index (κ1) is 71.4. The van der Waals surface area contributed by atoms with Gasteiger partial charge in [0, 0.05) is 52.0 Å². The van der Waals surface area contributed by atoms with Crippen LogP contribution in [0.1, 0.15) is 296 Å². The monoisotopic (exact) mass is 1040 g/mol. The highest BCUT2D eigenvalue weighted by Crippen LogP contribution is 2.16. The summed E-state index contributed by atoms with van der Waals surface area (Å²) >= 11 is 0. The van der Waals surface area contributed by atoms with Gasteiger partial charge in [0.05, 0.1) is 12.1 Å². The van der Waals surface area contributed by atoms with Crippen LogP contribution in [0.25, 0.3) is 0 Å². The number of hydrogen-bond acceptors (Lipinski definition) is 8. The molecule has 0 aromatic rings. The fourth-order valence-electron chi connectivity index (χ4n) is 9.75. The number of ketones is 1. The molecule has 0 fully saturated rings. The molecule has 0 aliphatic carbocycles. The third-order valence-corrected chi connectivity index (χ3v) is 14.8. The largest absolute Gasteiger partial charge is 0.355 e. The van der Waals surface area contributed by atoms with Gasteiger partial charge in [-0.1, -0.05) is 179 Å². The van der Waals surface area contributed by atoms with Gasteiger partial charge in [-0.15, -0.1) is 0 Å². The summed E-state index contributed by atoms with van der Waals surface area (Å²) in [5.41, 5.74) is 23.5. The summed E-state index contributed by atoms with van der Waals surface area (Å²) < 4.78 is 0. The van der Waals surface area contributed by atoms with Crippen LogP contribution < -0.4 is 28.3 Å². The number of nitrogens with zero attached hydrogens (tertiary/aromatic N) is 2. The molecule has 3 amide bonds. The summed E-state index contributed by atoms with van der Waals surface area (Å²) in [7, 11) is 0. The summed E-state index contributed by atoms with van der Waals surface area (Å²) in [5, 5.41) is 2.99. The van der Waals surface area contributed by atoms with Crippen LogP contribution in [0.15, 0.2) is 24.3 Å². The molecule has 0 rings (SSSR count). The predicted octanol–water partition coefficient (Wildman–Crippen LogP) is 14.2. The Hall–Kier alpha value is -2.60. The van der Waals surface area contributed by atoms with E-state index >= 15 is 0 Å². The maximum Gasteiger partial charge on any atom is 0.236 e. The fraction of sp³-hybridized carbons (Fsp3) is 0.873. The second-order valence-electron chi connectivity index (χ2n) is 21.9. The van der Waals surface area contributed by atoms with Crippen LogP contribution in [0.3, 0.4) is 0 Å². The molecular formula is C63H123N7O4. The van der Waals surface area contributed by atoms with E-state index in [1.54, 1.807) is 0 Å². The van der Waals surface area contributed by atoms with Gasteiger partial charge >= 0.3 is 0 Å². The number of hydrogen-bond donors (Lipinski definition) is 5. The van der Waals surface area contributed by atoms with Crippen molar-refractivity contribution in [1.29, 1.82) is 0 Å². The molecule has 0 saturated heterocycles. The minimum absolute atomic E-state index is 0.123. The number of carbonyl (C=O) groups excluding carboxylic acids is 4. The van der Waals surface area contributed by atoms with Crippen molar-refractivity contribution in [3.8, 4) is 0 Å². The predicted molar refractivity (Wildman–Crippen MR) is 318 cm³/mol. The molecule has 0 unspecified atom stereocenters. The molecule has 74 heavy (non-hydrogen) atoms. The summed E-state index contributed by atoms with van der Waals surface area (Å²) in [5.74, 6) is 0.483. The lowest BCUT2D eigenvalue weighted by Gasteiger charge is -2.24. The number of rotatable bonds is 58. The first-order valence-electron chi connectivity index (χ1n) is 31.8. The molecule has 0 aromatic heterocycles. The highest BCUT2D eigenvalue weighted by Gasteiger charge is 2.17. The van der Waals surface area contributed by atoms with Crippen LogP contribution in [-0.4, -0.2) is 91.2 Å². The van der Waals surface area contributed by atoms with Crippen molar-refractivity contribution in [3.05, 3.63) is 24.3 Å². The van der Waals surface area contributed by atoms with Crippen LogP contribution in [0.2, 0.25) is 0 Å². The first-order chi connectivity index (χ1) is 36.2. The van der Waals surface area contributed by atoms with Gasteiger partial charge in [-0.05, 0) is 135 Å². The number of allylic oxidation sites excluding steroid dienone is 4. The van der Waals surface area contributed by atoms with E-state index < -0.39 is 12.1 Å². The Kier molecular flexibility index (Phi) is 54.6. The van der Waals surface area contributed by atoms with Crippen LogP contribution in [0, 0.1) is 0 Å². The van der Waals surface area contributed by atoms with E-state index in [1.165, 1.54) is 128 Å². The minimum atomic E-state index is -0.519. The molecule has 0 aliphatic heterocycles.